The monoisotopic (exact) mass is 258 g/mol. The van der Waals surface area contributed by atoms with Crippen LogP contribution in [0.2, 0.25) is 5.02 Å². The van der Waals surface area contributed by atoms with E-state index < -0.39 is 0 Å². The summed E-state index contributed by atoms with van der Waals surface area (Å²) >= 11 is 7.61. The highest BCUT2D eigenvalue weighted by molar-refractivity contribution is 7.98. The molecular weight excluding hydrogens is 248 g/mol. The van der Waals surface area contributed by atoms with E-state index in [-0.39, 0.29) is 0 Å². The van der Waals surface area contributed by atoms with Gasteiger partial charge in [-0.25, -0.2) is 0 Å². The van der Waals surface area contributed by atoms with Crippen molar-refractivity contribution in [2.75, 3.05) is 6.26 Å². The van der Waals surface area contributed by atoms with Gasteiger partial charge < -0.3 is 0 Å². The van der Waals surface area contributed by atoms with Crippen LogP contribution in [0.4, 0.5) is 0 Å². The summed E-state index contributed by atoms with van der Waals surface area (Å²) in [6.45, 7) is 0. The zero-order chi connectivity index (χ0) is 12.1. The van der Waals surface area contributed by atoms with Crippen LogP contribution < -0.4 is 0 Å². The normalized spacial score (nSPS) is 9.53. The number of thioether (sulfide) groups is 1. The molecule has 0 bridgehead atoms. The van der Waals surface area contributed by atoms with Gasteiger partial charge in [0.15, 0.2) is 0 Å². The minimum absolute atomic E-state index is 0.750. The summed E-state index contributed by atoms with van der Waals surface area (Å²) in [5, 5.41) is 0.750. The van der Waals surface area contributed by atoms with Crippen molar-refractivity contribution in [1.82, 2.24) is 0 Å². The fourth-order valence-corrected chi connectivity index (χ4v) is 2.25. The number of benzene rings is 2. The molecule has 0 aliphatic carbocycles. The zero-order valence-electron chi connectivity index (χ0n) is 9.41. The van der Waals surface area contributed by atoms with Gasteiger partial charge in [0, 0.05) is 21.0 Å². The molecule has 0 fully saturated rings. The standard InChI is InChI=1S/C15H11ClS/c1-17-15-11-14(16)10-9-13(15)8-7-12-5-3-2-4-6-12/h2-6,9-11H,1H3. The van der Waals surface area contributed by atoms with Gasteiger partial charge in [0.2, 0.25) is 0 Å². The highest BCUT2D eigenvalue weighted by Crippen LogP contribution is 2.23. The van der Waals surface area contributed by atoms with E-state index in [9.17, 15) is 0 Å². The number of hydrogen-bond donors (Lipinski definition) is 0. The van der Waals surface area contributed by atoms with E-state index in [0.29, 0.717) is 0 Å². The molecule has 2 aromatic carbocycles. The van der Waals surface area contributed by atoms with Crippen molar-refractivity contribution in [3.05, 3.63) is 64.7 Å². The van der Waals surface area contributed by atoms with Gasteiger partial charge in [0.25, 0.3) is 0 Å². The second-order valence-corrected chi connectivity index (χ2v) is 4.75. The molecule has 0 nitrogen and oxygen atoms in total. The van der Waals surface area contributed by atoms with Crippen molar-refractivity contribution in [2.24, 2.45) is 0 Å². The Hall–Kier alpha value is -1.36. The smallest absolute Gasteiger partial charge is 0.0418 e. The Balaban J connectivity index is 2.34. The first-order valence-electron chi connectivity index (χ1n) is 5.20. The predicted molar refractivity (Wildman–Crippen MR) is 75.7 cm³/mol. The summed E-state index contributed by atoms with van der Waals surface area (Å²) in [4.78, 5) is 1.11. The maximum absolute atomic E-state index is 5.95. The molecule has 0 spiro atoms. The van der Waals surface area contributed by atoms with E-state index in [1.54, 1.807) is 11.8 Å². The van der Waals surface area contributed by atoms with Crippen LogP contribution in [-0.4, -0.2) is 6.26 Å². The fourth-order valence-electron chi connectivity index (χ4n) is 1.43. The van der Waals surface area contributed by atoms with Gasteiger partial charge in [-0.1, -0.05) is 41.6 Å². The predicted octanol–water partition coefficient (Wildman–Crippen LogP) is 4.46. The summed E-state index contributed by atoms with van der Waals surface area (Å²) in [7, 11) is 0. The third-order valence-corrected chi connectivity index (χ3v) is 3.29. The van der Waals surface area contributed by atoms with Crippen LogP contribution in [-0.2, 0) is 0 Å². The lowest BCUT2D eigenvalue weighted by atomic mass is 10.2. The fraction of sp³-hybridized carbons (Fsp3) is 0.0667. The lowest BCUT2D eigenvalue weighted by Crippen LogP contribution is -1.81. The third-order valence-electron chi connectivity index (χ3n) is 2.28. The second-order valence-electron chi connectivity index (χ2n) is 3.46. The van der Waals surface area contributed by atoms with Crippen LogP contribution in [0.5, 0.6) is 0 Å². The van der Waals surface area contributed by atoms with Gasteiger partial charge in [-0.05, 0) is 36.6 Å². The van der Waals surface area contributed by atoms with Crippen LogP contribution in [0.3, 0.4) is 0 Å². The van der Waals surface area contributed by atoms with Crippen LogP contribution in [0.1, 0.15) is 11.1 Å². The van der Waals surface area contributed by atoms with E-state index >= 15 is 0 Å². The SMILES string of the molecule is CSc1cc(Cl)ccc1C#Cc1ccccc1. The molecule has 0 aliphatic rings. The first-order valence-corrected chi connectivity index (χ1v) is 6.80. The summed E-state index contributed by atoms with van der Waals surface area (Å²) in [5.74, 6) is 6.33. The number of halogens is 1. The molecule has 0 N–H and O–H groups in total. The molecule has 0 aliphatic heterocycles. The van der Waals surface area contributed by atoms with Crippen LogP contribution >= 0.6 is 23.4 Å². The lowest BCUT2D eigenvalue weighted by Gasteiger charge is -2.00. The molecule has 0 aromatic heterocycles. The largest absolute Gasteiger partial charge is 0.128 e. The first kappa shape index (κ1) is 12.1. The van der Waals surface area contributed by atoms with Gasteiger partial charge in [-0.15, -0.1) is 11.8 Å². The molecule has 2 heteroatoms. The van der Waals surface area contributed by atoms with Crippen LogP contribution in [0.15, 0.2) is 53.4 Å². The number of rotatable bonds is 1. The Morgan fingerprint density at radius 1 is 1.00 bits per heavy atom. The highest BCUT2D eigenvalue weighted by Gasteiger charge is 1.99. The summed E-state index contributed by atoms with van der Waals surface area (Å²) in [5.41, 5.74) is 2.04. The van der Waals surface area contributed by atoms with Crippen molar-refractivity contribution in [3.63, 3.8) is 0 Å². The molecule has 2 rings (SSSR count). The van der Waals surface area contributed by atoms with Gasteiger partial charge in [-0.3, -0.25) is 0 Å². The van der Waals surface area contributed by atoms with Crippen LogP contribution in [0.25, 0.3) is 0 Å². The molecule has 0 saturated carbocycles. The Kier molecular flexibility index (Phi) is 4.14. The third kappa shape index (κ3) is 3.30. The number of hydrogen-bond acceptors (Lipinski definition) is 1. The van der Waals surface area contributed by atoms with E-state index in [2.05, 4.69) is 11.8 Å². The Morgan fingerprint density at radius 3 is 2.47 bits per heavy atom. The van der Waals surface area contributed by atoms with E-state index in [4.69, 9.17) is 11.6 Å². The lowest BCUT2D eigenvalue weighted by molar-refractivity contribution is 1.42. The average molecular weight is 259 g/mol. The molecule has 0 saturated heterocycles. The molecule has 0 atom stereocenters. The Morgan fingerprint density at radius 2 is 1.76 bits per heavy atom. The van der Waals surface area contributed by atoms with Gasteiger partial charge in [0.1, 0.15) is 0 Å². The molecule has 0 amide bonds. The quantitative estimate of drug-likeness (QED) is 0.538. The second kappa shape index (κ2) is 5.82. The topological polar surface area (TPSA) is 0 Å². The van der Waals surface area contributed by atoms with Crippen LogP contribution in [0, 0.1) is 11.8 Å². The summed E-state index contributed by atoms with van der Waals surface area (Å²) in [6.07, 6.45) is 2.03. The molecule has 0 radical (unpaired) electrons. The van der Waals surface area contributed by atoms with Gasteiger partial charge in [0.05, 0.1) is 0 Å². The molecule has 84 valence electrons. The van der Waals surface area contributed by atoms with E-state index in [1.165, 1.54) is 0 Å². The van der Waals surface area contributed by atoms with E-state index in [0.717, 1.165) is 21.0 Å². The molecule has 2 aromatic rings. The Bertz CT molecular complexity index is 564. The van der Waals surface area contributed by atoms with Gasteiger partial charge >= 0.3 is 0 Å². The van der Waals surface area contributed by atoms with Crippen molar-refractivity contribution >= 4 is 23.4 Å². The highest BCUT2D eigenvalue weighted by atomic mass is 35.5. The first-order chi connectivity index (χ1) is 8.29. The van der Waals surface area contributed by atoms with Crippen molar-refractivity contribution in [3.8, 4) is 11.8 Å². The molecular formula is C15H11ClS. The zero-order valence-corrected chi connectivity index (χ0v) is 11.0. The molecule has 17 heavy (non-hydrogen) atoms. The maximum atomic E-state index is 5.95. The minimum Gasteiger partial charge on any atom is -0.128 e. The maximum Gasteiger partial charge on any atom is 0.0418 e. The van der Waals surface area contributed by atoms with Crippen molar-refractivity contribution in [1.29, 1.82) is 0 Å². The average Bonchev–Trinajstić information content (AvgIpc) is 2.38. The summed E-state index contributed by atoms with van der Waals surface area (Å²) < 4.78 is 0. The Labute approximate surface area is 111 Å². The molecule has 0 heterocycles. The van der Waals surface area contributed by atoms with Crippen molar-refractivity contribution in [2.45, 2.75) is 4.90 Å². The van der Waals surface area contributed by atoms with E-state index in [1.807, 2.05) is 54.8 Å². The molecule has 0 unspecified atom stereocenters. The summed E-state index contributed by atoms with van der Waals surface area (Å²) in [6, 6.07) is 15.7. The minimum atomic E-state index is 0.750. The van der Waals surface area contributed by atoms with Gasteiger partial charge in [-0.2, -0.15) is 0 Å². The van der Waals surface area contributed by atoms with Crippen molar-refractivity contribution < 1.29 is 0 Å².